The zero-order valence-corrected chi connectivity index (χ0v) is 16.3. The summed E-state index contributed by atoms with van der Waals surface area (Å²) in [6.45, 7) is 6.23. The lowest BCUT2D eigenvalue weighted by Crippen LogP contribution is -2.00. The van der Waals surface area contributed by atoms with E-state index in [1.54, 1.807) is 0 Å². The van der Waals surface area contributed by atoms with Gasteiger partial charge in [0.05, 0.1) is 0 Å². The van der Waals surface area contributed by atoms with Gasteiger partial charge in [-0.15, -0.1) is 0 Å². The normalized spacial score (nSPS) is 12.9. The zero-order chi connectivity index (χ0) is 18.8. The van der Waals surface area contributed by atoms with E-state index in [1.807, 2.05) is 13.8 Å². The number of fused-ring (bicyclic) bond motifs is 2. The predicted octanol–water partition coefficient (Wildman–Crippen LogP) is 7.41. The van der Waals surface area contributed by atoms with Crippen LogP contribution in [0.1, 0.15) is 36.1 Å². The summed E-state index contributed by atoms with van der Waals surface area (Å²) < 4.78 is 0. The molecule has 0 fully saturated rings. The van der Waals surface area contributed by atoms with E-state index in [2.05, 4.69) is 91.9 Å². The third-order valence-electron chi connectivity index (χ3n) is 5.31. The molecule has 5 rings (SSSR count). The fraction of sp³-hybridized carbons (Fsp3) is 0.148. The molecule has 27 heavy (non-hydrogen) atoms. The van der Waals surface area contributed by atoms with Gasteiger partial charge in [-0.05, 0) is 57.1 Å². The van der Waals surface area contributed by atoms with Crippen molar-refractivity contribution in [1.82, 2.24) is 0 Å². The Hall–Kier alpha value is -2.86. The van der Waals surface area contributed by atoms with Gasteiger partial charge in [0.1, 0.15) is 0 Å². The predicted molar refractivity (Wildman–Crippen MR) is 118 cm³/mol. The van der Waals surface area contributed by atoms with Gasteiger partial charge in [-0.2, -0.15) is 0 Å². The monoisotopic (exact) mass is 349 g/mol. The maximum Gasteiger partial charge on any atom is 0.0482 e. The summed E-state index contributed by atoms with van der Waals surface area (Å²) >= 11 is 0. The van der Waals surface area contributed by atoms with Crippen LogP contribution >= 0.6 is 0 Å². The molecule has 1 aliphatic rings. The van der Waals surface area contributed by atoms with Crippen LogP contribution in [0.25, 0.3) is 21.5 Å². The van der Waals surface area contributed by atoms with Crippen LogP contribution in [-0.4, -0.2) is 0 Å². The van der Waals surface area contributed by atoms with Gasteiger partial charge in [0.2, 0.25) is 0 Å². The molecule has 0 nitrogen and oxygen atoms in total. The molecule has 1 aliphatic carbocycles. The fourth-order valence-electron chi connectivity index (χ4n) is 3.87. The van der Waals surface area contributed by atoms with Crippen LogP contribution in [0.5, 0.6) is 0 Å². The molecule has 0 bridgehead atoms. The lowest BCUT2D eigenvalue weighted by Gasteiger charge is -2.16. The average molecular weight is 349 g/mol. The molecule has 4 aromatic carbocycles. The molecule has 0 saturated carbocycles. The van der Waals surface area contributed by atoms with E-state index in [0.717, 1.165) is 6.42 Å². The topological polar surface area (TPSA) is 0 Å². The molecule has 0 heteroatoms. The third kappa shape index (κ3) is 3.28. The minimum Gasteiger partial charge on any atom is -0.0714 e. The molecule has 1 radical (unpaired) electrons. The highest BCUT2D eigenvalue weighted by Gasteiger charge is 2.21. The second-order valence-electron chi connectivity index (χ2n) is 6.86. The van der Waals surface area contributed by atoms with Crippen molar-refractivity contribution in [3.05, 3.63) is 113 Å². The van der Waals surface area contributed by atoms with Crippen LogP contribution in [0.3, 0.4) is 0 Å². The van der Waals surface area contributed by atoms with Crippen molar-refractivity contribution in [2.24, 2.45) is 0 Å². The van der Waals surface area contributed by atoms with Gasteiger partial charge in [-0.3, -0.25) is 0 Å². The smallest absolute Gasteiger partial charge is 0.0482 e. The Labute approximate surface area is 162 Å². The Balaban J connectivity index is 0.000000872. The number of allylic oxidation sites excluding steroid dienone is 2. The van der Waals surface area contributed by atoms with Crippen molar-refractivity contribution >= 4 is 21.5 Å². The van der Waals surface area contributed by atoms with Crippen LogP contribution in [0.4, 0.5) is 0 Å². The van der Waals surface area contributed by atoms with Crippen molar-refractivity contribution in [1.29, 1.82) is 0 Å². The Morgan fingerprint density at radius 3 is 1.78 bits per heavy atom. The van der Waals surface area contributed by atoms with E-state index in [0.29, 0.717) is 0 Å². The summed E-state index contributed by atoms with van der Waals surface area (Å²) in [5.41, 5.74) is 5.63. The highest BCUT2D eigenvalue weighted by Crippen LogP contribution is 2.37. The number of aryl methyl sites for hydroxylation is 1. The van der Waals surface area contributed by atoms with Crippen molar-refractivity contribution in [2.45, 2.75) is 27.2 Å². The van der Waals surface area contributed by atoms with Crippen LogP contribution in [0.15, 0.2) is 84.9 Å². The summed E-state index contributed by atoms with van der Waals surface area (Å²) in [5, 5.41) is 5.38. The highest BCUT2D eigenvalue weighted by atomic mass is 14.2. The summed E-state index contributed by atoms with van der Waals surface area (Å²) in [4.78, 5) is 0. The quantitative estimate of drug-likeness (QED) is 0.361. The highest BCUT2D eigenvalue weighted by molar-refractivity contribution is 5.91. The molecule has 0 unspecified atom stereocenters. The minimum atomic E-state index is 0.967. The largest absolute Gasteiger partial charge is 0.0714 e. The lowest BCUT2D eigenvalue weighted by atomic mass is 9.88. The summed E-state index contributed by atoms with van der Waals surface area (Å²) in [5.74, 6) is 1.37. The van der Waals surface area contributed by atoms with Gasteiger partial charge in [-0.1, -0.05) is 98.8 Å². The van der Waals surface area contributed by atoms with Crippen LogP contribution < -0.4 is 0 Å². The lowest BCUT2D eigenvalue weighted by molar-refractivity contribution is 1.17. The van der Waals surface area contributed by atoms with Crippen molar-refractivity contribution in [3.63, 3.8) is 0 Å². The van der Waals surface area contributed by atoms with Gasteiger partial charge >= 0.3 is 0 Å². The van der Waals surface area contributed by atoms with Crippen LogP contribution in [0, 0.1) is 12.8 Å². The first-order chi connectivity index (χ1) is 13.3. The molecular weight excluding hydrogens is 324 g/mol. The van der Waals surface area contributed by atoms with E-state index in [9.17, 15) is 0 Å². The van der Waals surface area contributed by atoms with Crippen molar-refractivity contribution in [2.75, 3.05) is 0 Å². The van der Waals surface area contributed by atoms with E-state index in [1.165, 1.54) is 49.7 Å². The molecule has 0 saturated heterocycles. The van der Waals surface area contributed by atoms with Crippen molar-refractivity contribution < 1.29 is 0 Å². The van der Waals surface area contributed by atoms with Crippen LogP contribution in [0.2, 0.25) is 0 Å². The average Bonchev–Trinajstić information content (AvgIpc) is 3.57. The SMILES string of the molecule is CC.Cc1ccc2ccccc2c1Cc1c([C]2C=C2)ccc2ccccc12. The van der Waals surface area contributed by atoms with Gasteiger partial charge in [0.25, 0.3) is 0 Å². The Kier molecular flexibility index (Phi) is 4.81. The molecule has 0 amide bonds. The number of hydrogen-bond donors (Lipinski definition) is 0. The molecule has 0 atom stereocenters. The second-order valence-corrected chi connectivity index (χ2v) is 6.86. The van der Waals surface area contributed by atoms with Gasteiger partial charge < -0.3 is 0 Å². The van der Waals surface area contributed by atoms with Gasteiger partial charge in [0, 0.05) is 5.92 Å². The second kappa shape index (κ2) is 7.40. The van der Waals surface area contributed by atoms with E-state index in [-0.39, 0.29) is 0 Å². The third-order valence-corrected chi connectivity index (χ3v) is 5.31. The number of rotatable bonds is 3. The van der Waals surface area contributed by atoms with Crippen molar-refractivity contribution in [3.8, 4) is 0 Å². The molecule has 0 heterocycles. The first-order valence-corrected chi connectivity index (χ1v) is 9.84. The van der Waals surface area contributed by atoms with E-state index < -0.39 is 0 Å². The van der Waals surface area contributed by atoms with Gasteiger partial charge in [0.15, 0.2) is 0 Å². The first kappa shape index (κ1) is 17.5. The van der Waals surface area contributed by atoms with Gasteiger partial charge in [-0.25, -0.2) is 0 Å². The minimum absolute atomic E-state index is 0.967. The Morgan fingerprint density at radius 1 is 0.593 bits per heavy atom. The first-order valence-electron chi connectivity index (χ1n) is 9.84. The van der Waals surface area contributed by atoms with Crippen LogP contribution in [-0.2, 0) is 6.42 Å². The maximum atomic E-state index is 2.29. The fourth-order valence-corrected chi connectivity index (χ4v) is 3.87. The standard InChI is InChI=1S/C25H19.C2H6/c1-17-10-11-18-6-2-4-8-21(18)24(17)16-25-22-9-5-3-7-19(22)14-15-23(25)20-12-13-20;1-2/h2-15H,16H2,1H3;1-2H3. The van der Waals surface area contributed by atoms with E-state index in [4.69, 9.17) is 0 Å². The molecule has 0 aromatic heterocycles. The number of benzene rings is 4. The molecule has 0 aliphatic heterocycles. The summed E-state index contributed by atoms with van der Waals surface area (Å²) in [6.07, 6.45) is 5.39. The zero-order valence-electron chi connectivity index (χ0n) is 16.3. The maximum absolute atomic E-state index is 2.29. The molecule has 0 N–H and O–H groups in total. The summed E-state index contributed by atoms with van der Waals surface area (Å²) in [7, 11) is 0. The molecule has 133 valence electrons. The molecule has 4 aromatic rings. The summed E-state index contributed by atoms with van der Waals surface area (Å²) in [6, 6.07) is 26.5. The molecule has 0 spiro atoms. The van der Waals surface area contributed by atoms with E-state index >= 15 is 0 Å². The molecular formula is C27H25. The Bertz CT molecular complexity index is 1130. The number of hydrogen-bond acceptors (Lipinski definition) is 0. The Morgan fingerprint density at radius 2 is 1.15 bits per heavy atom.